The number of piperidine rings is 1. The van der Waals surface area contributed by atoms with Crippen LogP contribution in [0.3, 0.4) is 0 Å². The molecule has 2 aliphatic rings. The molecule has 0 spiro atoms. The van der Waals surface area contributed by atoms with Crippen LogP contribution in [0.15, 0.2) is 0 Å². The highest BCUT2D eigenvalue weighted by molar-refractivity contribution is 5.57. The zero-order chi connectivity index (χ0) is 9.97. The van der Waals surface area contributed by atoms with Gasteiger partial charge in [-0.3, -0.25) is 9.80 Å². The summed E-state index contributed by atoms with van der Waals surface area (Å²) in [7, 11) is 2.02. The fourth-order valence-electron chi connectivity index (χ4n) is 2.49. The van der Waals surface area contributed by atoms with E-state index in [0.29, 0.717) is 6.04 Å². The lowest BCUT2D eigenvalue weighted by Crippen LogP contribution is -2.50. The van der Waals surface area contributed by atoms with Gasteiger partial charge < -0.3 is 10.1 Å². The van der Waals surface area contributed by atoms with E-state index in [1.54, 1.807) is 0 Å². The second-order valence-electron chi connectivity index (χ2n) is 4.27. The molecule has 4 heteroatoms. The topological polar surface area (TPSA) is 35.6 Å². The van der Waals surface area contributed by atoms with Gasteiger partial charge in [0.15, 0.2) is 6.29 Å². The molecule has 2 unspecified atom stereocenters. The maximum Gasteiger partial charge on any atom is 0.151 e. The molecule has 14 heavy (non-hydrogen) atoms. The molecule has 0 aliphatic carbocycles. The maximum atomic E-state index is 11.0. The molecule has 0 saturated carbocycles. The Morgan fingerprint density at radius 2 is 2.29 bits per heavy atom. The van der Waals surface area contributed by atoms with Crippen molar-refractivity contribution < 1.29 is 4.79 Å². The van der Waals surface area contributed by atoms with E-state index in [0.717, 1.165) is 32.5 Å². The monoisotopic (exact) mass is 197 g/mol. The lowest BCUT2D eigenvalue weighted by molar-refractivity contribution is -0.115. The number of rotatable bonds is 2. The number of aldehydes is 1. The molecule has 4 nitrogen and oxygen atoms in total. The number of nitrogens with zero attached hydrogens (tertiary/aromatic N) is 2. The van der Waals surface area contributed by atoms with Gasteiger partial charge >= 0.3 is 0 Å². The zero-order valence-electron chi connectivity index (χ0n) is 8.78. The molecule has 80 valence electrons. The number of hydrogen-bond donors (Lipinski definition) is 1. The quantitative estimate of drug-likeness (QED) is 0.606. The lowest BCUT2D eigenvalue weighted by atomic mass is 10.1. The number of carbonyl (C=O) groups excluding carboxylic acids is 1. The van der Waals surface area contributed by atoms with Crippen molar-refractivity contribution in [1.29, 1.82) is 0 Å². The molecule has 0 aromatic rings. The zero-order valence-corrected chi connectivity index (χ0v) is 8.78. The summed E-state index contributed by atoms with van der Waals surface area (Å²) in [5, 5.41) is 3.40. The van der Waals surface area contributed by atoms with E-state index in [-0.39, 0.29) is 6.17 Å². The average Bonchev–Trinajstić information content (AvgIpc) is 2.61. The minimum atomic E-state index is 0.0138. The molecule has 0 aromatic heterocycles. The van der Waals surface area contributed by atoms with E-state index in [9.17, 15) is 4.79 Å². The van der Waals surface area contributed by atoms with Crippen molar-refractivity contribution in [3.8, 4) is 0 Å². The molecular formula is C10H19N3O. The van der Waals surface area contributed by atoms with Crippen LogP contribution in [0, 0.1) is 0 Å². The molecule has 1 N–H and O–H groups in total. The van der Waals surface area contributed by atoms with Crippen molar-refractivity contribution in [3.63, 3.8) is 0 Å². The van der Waals surface area contributed by atoms with Crippen molar-refractivity contribution in [1.82, 2.24) is 15.1 Å². The molecule has 0 radical (unpaired) electrons. The SMILES string of the molecule is CN1CCN(C2CCCNC2)C1C=O. The van der Waals surface area contributed by atoms with Gasteiger partial charge in [-0.05, 0) is 26.4 Å². The molecule has 0 amide bonds. The van der Waals surface area contributed by atoms with Gasteiger partial charge in [0, 0.05) is 25.7 Å². The van der Waals surface area contributed by atoms with Crippen LogP contribution in [0.5, 0.6) is 0 Å². The highest BCUT2D eigenvalue weighted by Crippen LogP contribution is 2.18. The average molecular weight is 197 g/mol. The Morgan fingerprint density at radius 3 is 2.93 bits per heavy atom. The van der Waals surface area contributed by atoms with Gasteiger partial charge in [-0.1, -0.05) is 0 Å². The largest absolute Gasteiger partial charge is 0.315 e. The van der Waals surface area contributed by atoms with Gasteiger partial charge in [0.25, 0.3) is 0 Å². The molecule has 2 saturated heterocycles. The summed E-state index contributed by atoms with van der Waals surface area (Å²) in [6.45, 7) is 4.22. The van der Waals surface area contributed by atoms with Gasteiger partial charge in [-0.2, -0.15) is 0 Å². The molecule has 0 bridgehead atoms. The van der Waals surface area contributed by atoms with Crippen LogP contribution in [0.2, 0.25) is 0 Å². The maximum absolute atomic E-state index is 11.0. The van der Waals surface area contributed by atoms with Crippen LogP contribution in [0.25, 0.3) is 0 Å². The Bertz CT molecular complexity index is 204. The Morgan fingerprint density at radius 1 is 1.43 bits per heavy atom. The van der Waals surface area contributed by atoms with Crippen molar-refractivity contribution in [2.24, 2.45) is 0 Å². The summed E-state index contributed by atoms with van der Waals surface area (Å²) < 4.78 is 0. The summed E-state index contributed by atoms with van der Waals surface area (Å²) in [5.41, 5.74) is 0. The highest BCUT2D eigenvalue weighted by atomic mass is 16.1. The summed E-state index contributed by atoms with van der Waals surface area (Å²) in [6.07, 6.45) is 3.54. The Labute approximate surface area is 85.2 Å². The Kier molecular flexibility index (Phi) is 3.15. The van der Waals surface area contributed by atoms with Crippen molar-refractivity contribution in [2.75, 3.05) is 33.2 Å². The van der Waals surface area contributed by atoms with Crippen LogP contribution < -0.4 is 5.32 Å². The molecule has 2 heterocycles. The molecular weight excluding hydrogens is 178 g/mol. The molecule has 2 rings (SSSR count). The van der Waals surface area contributed by atoms with E-state index in [1.165, 1.54) is 12.8 Å². The first kappa shape index (κ1) is 10.1. The fourth-order valence-corrected chi connectivity index (χ4v) is 2.49. The minimum absolute atomic E-state index is 0.0138. The third-order valence-corrected chi connectivity index (χ3v) is 3.36. The van der Waals surface area contributed by atoms with E-state index in [4.69, 9.17) is 0 Å². The first-order chi connectivity index (χ1) is 6.83. The predicted octanol–water partition coefficient (Wildman–Crippen LogP) is -0.489. The highest BCUT2D eigenvalue weighted by Gasteiger charge is 2.34. The van der Waals surface area contributed by atoms with Crippen molar-refractivity contribution >= 4 is 6.29 Å². The minimum Gasteiger partial charge on any atom is -0.315 e. The van der Waals surface area contributed by atoms with Crippen LogP contribution in [-0.2, 0) is 4.79 Å². The third kappa shape index (κ3) is 1.82. The summed E-state index contributed by atoms with van der Waals surface area (Å²) >= 11 is 0. The van der Waals surface area contributed by atoms with E-state index in [1.807, 2.05) is 7.05 Å². The normalized spacial score (nSPS) is 36.1. The molecule has 2 atom stereocenters. The number of carbonyl (C=O) groups is 1. The lowest BCUT2D eigenvalue weighted by Gasteiger charge is -2.34. The van der Waals surface area contributed by atoms with Crippen LogP contribution >= 0.6 is 0 Å². The van der Waals surface area contributed by atoms with Crippen LogP contribution in [-0.4, -0.2) is 61.5 Å². The first-order valence-corrected chi connectivity index (χ1v) is 5.45. The predicted molar refractivity (Wildman–Crippen MR) is 55.1 cm³/mol. The van der Waals surface area contributed by atoms with Crippen LogP contribution in [0.1, 0.15) is 12.8 Å². The summed E-state index contributed by atoms with van der Waals surface area (Å²) in [6, 6.07) is 0.559. The van der Waals surface area contributed by atoms with E-state index < -0.39 is 0 Å². The molecule has 2 fully saturated rings. The molecule has 0 aromatic carbocycles. The smallest absolute Gasteiger partial charge is 0.151 e. The van der Waals surface area contributed by atoms with Gasteiger partial charge in [0.2, 0.25) is 0 Å². The number of nitrogens with one attached hydrogen (secondary N) is 1. The second kappa shape index (κ2) is 4.38. The van der Waals surface area contributed by atoms with Crippen molar-refractivity contribution in [2.45, 2.75) is 25.0 Å². The van der Waals surface area contributed by atoms with Gasteiger partial charge in [0.05, 0.1) is 0 Å². The summed E-state index contributed by atoms with van der Waals surface area (Å²) in [5.74, 6) is 0. The van der Waals surface area contributed by atoms with E-state index in [2.05, 4.69) is 15.1 Å². The first-order valence-electron chi connectivity index (χ1n) is 5.45. The number of hydrogen-bond acceptors (Lipinski definition) is 4. The van der Waals surface area contributed by atoms with Gasteiger partial charge in [-0.15, -0.1) is 0 Å². The van der Waals surface area contributed by atoms with E-state index >= 15 is 0 Å². The standard InChI is InChI=1S/C10H19N3O/c1-12-5-6-13(10(12)8-14)9-3-2-4-11-7-9/h8-11H,2-7H2,1H3. The van der Waals surface area contributed by atoms with Crippen LogP contribution in [0.4, 0.5) is 0 Å². The van der Waals surface area contributed by atoms with Gasteiger partial charge in [-0.25, -0.2) is 0 Å². The summed E-state index contributed by atoms with van der Waals surface area (Å²) in [4.78, 5) is 15.4. The Hall–Kier alpha value is -0.450. The second-order valence-corrected chi connectivity index (χ2v) is 4.27. The van der Waals surface area contributed by atoms with Gasteiger partial charge in [0.1, 0.15) is 6.17 Å². The third-order valence-electron chi connectivity index (χ3n) is 3.36. The molecule has 2 aliphatic heterocycles. The Balaban J connectivity index is 1.98. The number of likely N-dealkylation sites (N-methyl/N-ethyl adjacent to an activating group) is 1. The fraction of sp³-hybridized carbons (Fsp3) is 0.900. The van der Waals surface area contributed by atoms with Crippen molar-refractivity contribution in [3.05, 3.63) is 0 Å².